The Morgan fingerprint density at radius 1 is 1.12 bits per heavy atom. The zero-order valence-corrected chi connectivity index (χ0v) is 12.6. The zero-order chi connectivity index (χ0) is 16.9. The van der Waals surface area contributed by atoms with Gasteiger partial charge in [-0.15, -0.1) is 0 Å². The van der Waals surface area contributed by atoms with E-state index in [0.29, 0.717) is 17.2 Å². The number of anilines is 1. The predicted octanol–water partition coefficient (Wildman–Crippen LogP) is 2.28. The molecular formula is C17H14FNO5. The van der Waals surface area contributed by atoms with E-state index in [2.05, 4.69) is 5.32 Å². The maximum Gasteiger partial charge on any atom is 0.310 e. The molecule has 124 valence electrons. The number of carbonyl (C=O) groups is 2. The van der Waals surface area contributed by atoms with Gasteiger partial charge < -0.3 is 19.5 Å². The van der Waals surface area contributed by atoms with Crippen LogP contribution in [-0.2, 0) is 20.7 Å². The Kier molecular flexibility index (Phi) is 4.60. The fourth-order valence-corrected chi connectivity index (χ4v) is 2.17. The van der Waals surface area contributed by atoms with Gasteiger partial charge in [0.2, 0.25) is 6.79 Å². The minimum absolute atomic E-state index is 0.139. The van der Waals surface area contributed by atoms with Gasteiger partial charge in [-0.25, -0.2) is 4.39 Å². The third kappa shape index (κ3) is 3.81. The van der Waals surface area contributed by atoms with Crippen molar-refractivity contribution in [1.29, 1.82) is 0 Å². The van der Waals surface area contributed by atoms with Crippen LogP contribution in [0.5, 0.6) is 11.5 Å². The van der Waals surface area contributed by atoms with E-state index >= 15 is 0 Å². The fourth-order valence-electron chi connectivity index (χ4n) is 2.17. The molecule has 0 saturated heterocycles. The summed E-state index contributed by atoms with van der Waals surface area (Å²) in [6.07, 6.45) is -0.232. The summed E-state index contributed by atoms with van der Waals surface area (Å²) in [6, 6.07) is 10.8. The highest BCUT2D eigenvalue weighted by Crippen LogP contribution is 2.34. The van der Waals surface area contributed by atoms with Crippen LogP contribution in [0.25, 0.3) is 0 Å². The minimum Gasteiger partial charge on any atom is -0.455 e. The second-order valence-electron chi connectivity index (χ2n) is 5.05. The second kappa shape index (κ2) is 6.99. The lowest BCUT2D eigenvalue weighted by Gasteiger charge is -2.07. The molecule has 0 aromatic heterocycles. The summed E-state index contributed by atoms with van der Waals surface area (Å²) in [6.45, 7) is -0.317. The average Bonchev–Trinajstić information content (AvgIpc) is 3.03. The lowest BCUT2D eigenvalue weighted by Crippen LogP contribution is -2.21. The number of halogens is 1. The molecule has 0 saturated carbocycles. The van der Waals surface area contributed by atoms with Gasteiger partial charge in [0, 0.05) is 11.8 Å². The van der Waals surface area contributed by atoms with Gasteiger partial charge in [0.05, 0.1) is 6.42 Å². The maximum atomic E-state index is 13.4. The van der Waals surface area contributed by atoms with E-state index in [1.54, 1.807) is 24.3 Å². The van der Waals surface area contributed by atoms with Crippen molar-refractivity contribution in [2.45, 2.75) is 6.42 Å². The first-order chi connectivity index (χ1) is 11.6. The Morgan fingerprint density at radius 3 is 2.75 bits per heavy atom. The molecule has 6 nitrogen and oxygen atoms in total. The largest absolute Gasteiger partial charge is 0.455 e. The highest BCUT2D eigenvalue weighted by Gasteiger charge is 2.15. The van der Waals surface area contributed by atoms with Crippen LogP contribution >= 0.6 is 0 Å². The number of carbonyl (C=O) groups excluding carboxylic acids is 2. The average molecular weight is 331 g/mol. The molecular weight excluding hydrogens is 317 g/mol. The smallest absolute Gasteiger partial charge is 0.310 e. The molecule has 0 bridgehead atoms. The molecule has 2 aromatic carbocycles. The Morgan fingerprint density at radius 2 is 1.92 bits per heavy atom. The Labute approximate surface area is 137 Å². The normalized spacial score (nSPS) is 11.9. The zero-order valence-electron chi connectivity index (χ0n) is 12.6. The van der Waals surface area contributed by atoms with Crippen LogP contribution in [0, 0.1) is 5.82 Å². The molecule has 3 rings (SSSR count). The van der Waals surface area contributed by atoms with Gasteiger partial charge >= 0.3 is 5.97 Å². The molecule has 0 spiro atoms. The number of fused-ring (bicyclic) bond motifs is 1. The summed E-state index contributed by atoms with van der Waals surface area (Å²) in [5.41, 5.74) is 0.716. The highest BCUT2D eigenvalue weighted by atomic mass is 19.1. The summed E-state index contributed by atoms with van der Waals surface area (Å²) in [5.74, 6) is -0.537. The van der Waals surface area contributed by atoms with Crippen LogP contribution in [0.3, 0.4) is 0 Å². The van der Waals surface area contributed by atoms with Gasteiger partial charge in [0.25, 0.3) is 5.91 Å². The first kappa shape index (κ1) is 15.8. The van der Waals surface area contributed by atoms with E-state index in [1.165, 1.54) is 18.2 Å². The van der Waals surface area contributed by atoms with Crippen LogP contribution in [0.2, 0.25) is 0 Å². The summed E-state index contributed by atoms with van der Waals surface area (Å²) >= 11 is 0. The monoisotopic (exact) mass is 331 g/mol. The number of ether oxygens (including phenoxy) is 3. The number of nitrogens with one attached hydrogen (secondary N) is 1. The molecule has 24 heavy (non-hydrogen) atoms. The lowest BCUT2D eigenvalue weighted by molar-refractivity contribution is -0.146. The molecule has 7 heteroatoms. The van der Waals surface area contributed by atoms with E-state index in [9.17, 15) is 14.0 Å². The van der Waals surface area contributed by atoms with Crippen LogP contribution in [0.1, 0.15) is 5.56 Å². The van der Waals surface area contributed by atoms with Gasteiger partial charge in [0.1, 0.15) is 5.82 Å². The molecule has 0 aliphatic carbocycles. The van der Waals surface area contributed by atoms with Crippen molar-refractivity contribution in [2.24, 2.45) is 0 Å². The third-order valence-corrected chi connectivity index (χ3v) is 3.31. The Bertz CT molecular complexity index is 777. The molecule has 1 N–H and O–H groups in total. The first-order valence-corrected chi connectivity index (χ1v) is 7.20. The number of hydrogen-bond donors (Lipinski definition) is 1. The van der Waals surface area contributed by atoms with Gasteiger partial charge in [-0.05, 0) is 23.8 Å². The molecule has 0 unspecified atom stereocenters. The predicted molar refractivity (Wildman–Crippen MR) is 82.3 cm³/mol. The number of benzene rings is 2. The fraction of sp³-hybridized carbons (Fsp3) is 0.176. The molecule has 1 amide bonds. The van der Waals surface area contributed by atoms with Crippen molar-refractivity contribution in [1.82, 2.24) is 0 Å². The quantitative estimate of drug-likeness (QED) is 0.851. The van der Waals surface area contributed by atoms with E-state index < -0.39 is 24.3 Å². The topological polar surface area (TPSA) is 73.9 Å². The summed E-state index contributed by atoms with van der Waals surface area (Å²) in [5, 5.41) is 2.58. The van der Waals surface area contributed by atoms with Gasteiger partial charge in [-0.2, -0.15) is 0 Å². The Hall–Kier alpha value is -3.09. The molecule has 0 fully saturated rings. The molecule has 2 aromatic rings. The summed E-state index contributed by atoms with van der Waals surface area (Å²) in [7, 11) is 0. The van der Waals surface area contributed by atoms with Gasteiger partial charge in [0.15, 0.2) is 18.1 Å². The summed E-state index contributed by atoms with van der Waals surface area (Å²) in [4.78, 5) is 23.5. The van der Waals surface area contributed by atoms with E-state index in [1.807, 2.05) is 0 Å². The molecule has 0 radical (unpaired) electrons. The van der Waals surface area contributed by atoms with Crippen molar-refractivity contribution in [2.75, 3.05) is 18.7 Å². The Balaban J connectivity index is 1.49. The number of hydrogen-bond acceptors (Lipinski definition) is 5. The van der Waals surface area contributed by atoms with Crippen molar-refractivity contribution in [3.05, 3.63) is 53.8 Å². The van der Waals surface area contributed by atoms with Crippen molar-refractivity contribution < 1.29 is 28.2 Å². The van der Waals surface area contributed by atoms with Crippen LogP contribution < -0.4 is 14.8 Å². The number of amides is 1. The summed E-state index contributed by atoms with van der Waals surface area (Å²) < 4.78 is 28.7. The van der Waals surface area contributed by atoms with Crippen LogP contribution in [0.4, 0.5) is 10.1 Å². The highest BCUT2D eigenvalue weighted by molar-refractivity contribution is 5.93. The molecule has 1 heterocycles. The van der Waals surface area contributed by atoms with Gasteiger partial charge in [-0.3, -0.25) is 9.59 Å². The van der Waals surface area contributed by atoms with E-state index in [4.69, 9.17) is 14.2 Å². The maximum absolute atomic E-state index is 13.4. The number of rotatable bonds is 5. The van der Waals surface area contributed by atoms with Crippen LogP contribution in [0.15, 0.2) is 42.5 Å². The lowest BCUT2D eigenvalue weighted by atomic mass is 10.1. The van der Waals surface area contributed by atoms with Crippen molar-refractivity contribution in [3.63, 3.8) is 0 Å². The SMILES string of the molecule is O=C(COC(=O)Cc1ccccc1F)Nc1ccc2c(c1)OCO2. The van der Waals surface area contributed by atoms with Crippen molar-refractivity contribution >= 4 is 17.6 Å². The molecule has 1 aliphatic rings. The second-order valence-corrected chi connectivity index (χ2v) is 5.05. The molecule has 1 aliphatic heterocycles. The minimum atomic E-state index is -0.680. The van der Waals surface area contributed by atoms with E-state index in [-0.39, 0.29) is 18.8 Å². The van der Waals surface area contributed by atoms with Gasteiger partial charge in [-0.1, -0.05) is 18.2 Å². The van der Waals surface area contributed by atoms with Crippen molar-refractivity contribution in [3.8, 4) is 11.5 Å². The standard InChI is InChI=1S/C17H14FNO5/c18-13-4-2-1-3-11(13)7-17(21)22-9-16(20)19-12-5-6-14-15(8-12)24-10-23-14/h1-6,8H,7,9-10H2,(H,19,20). The van der Waals surface area contributed by atoms with E-state index in [0.717, 1.165) is 0 Å². The molecule has 0 atom stereocenters. The van der Waals surface area contributed by atoms with Crippen LogP contribution in [-0.4, -0.2) is 25.3 Å². The number of esters is 1. The first-order valence-electron chi connectivity index (χ1n) is 7.20. The third-order valence-electron chi connectivity index (χ3n) is 3.31.